The fourth-order valence-corrected chi connectivity index (χ4v) is 3.17. The van der Waals surface area contributed by atoms with Gasteiger partial charge in [0.15, 0.2) is 23.0 Å². The summed E-state index contributed by atoms with van der Waals surface area (Å²) in [5.74, 6) is -3.83. The minimum atomic E-state index is -0.818. The van der Waals surface area contributed by atoms with E-state index in [2.05, 4.69) is 0 Å². The number of carbonyl (C=O) groups is 6. The Morgan fingerprint density at radius 2 is 0.833 bits per heavy atom. The van der Waals surface area contributed by atoms with Crippen molar-refractivity contribution in [3.05, 3.63) is 59.7 Å². The normalized spacial score (nSPS) is 12.2. The summed E-state index contributed by atoms with van der Waals surface area (Å²) in [6.45, 7) is 7.86. The van der Waals surface area contributed by atoms with Crippen molar-refractivity contribution >= 4 is 48.0 Å². The molecule has 0 aliphatic heterocycles. The minimum Gasteiger partial charge on any atom is -0.456 e. The maximum atomic E-state index is 12.3. The van der Waals surface area contributed by atoms with E-state index in [1.54, 1.807) is 13.8 Å². The van der Waals surface area contributed by atoms with Crippen LogP contribution in [0.5, 0.6) is 23.0 Å². The molecule has 12 heteroatoms. The first-order chi connectivity index (χ1) is 19.7. The summed E-state index contributed by atoms with van der Waals surface area (Å²) in [6.07, 6.45) is 3.42. The molecule has 0 spiro atoms. The van der Waals surface area contributed by atoms with E-state index in [4.69, 9.17) is 28.4 Å². The second-order valence-electron chi connectivity index (χ2n) is 8.74. The Morgan fingerprint density at radius 3 is 1.14 bits per heavy atom. The zero-order valence-corrected chi connectivity index (χ0v) is 23.8. The first-order valence-corrected chi connectivity index (χ1v) is 12.5. The molecule has 0 aliphatic rings. The second-order valence-corrected chi connectivity index (χ2v) is 8.74. The smallest absolute Gasteiger partial charge is 0.331 e. The van der Waals surface area contributed by atoms with Crippen LogP contribution in [0.4, 0.5) is 0 Å². The van der Waals surface area contributed by atoms with E-state index in [9.17, 15) is 28.8 Å². The highest BCUT2D eigenvalue weighted by molar-refractivity contribution is 5.88. The van der Waals surface area contributed by atoms with Crippen LogP contribution in [0.2, 0.25) is 0 Å². The van der Waals surface area contributed by atoms with Gasteiger partial charge in [0, 0.05) is 39.8 Å². The van der Waals surface area contributed by atoms with Crippen molar-refractivity contribution in [1.82, 2.24) is 0 Å². The minimum absolute atomic E-state index is 0.00175. The van der Waals surface area contributed by atoms with Gasteiger partial charge in [-0.1, -0.05) is 12.1 Å². The highest BCUT2D eigenvalue weighted by Gasteiger charge is 2.19. The highest BCUT2D eigenvalue weighted by atomic mass is 16.6. The van der Waals surface area contributed by atoms with E-state index in [0.29, 0.717) is 11.1 Å². The van der Waals surface area contributed by atoms with Crippen LogP contribution in [0.15, 0.2) is 48.6 Å². The first-order valence-electron chi connectivity index (χ1n) is 12.5. The molecule has 2 aromatic carbocycles. The number of esters is 6. The van der Waals surface area contributed by atoms with E-state index in [0.717, 1.165) is 12.2 Å². The lowest BCUT2D eigenvalue weighted by atomic mass is 10.2. The standard InChI is InChI=1S/C30H30O12/c1-17(37-29(35)13-9-23-7-11-25(39-19(3)31)27(15-23)41-21(5)33)18(2)38-30(36)14-10-24-8-12-26(40-20(4)32)28(16-24)42-22(6)34/h7-18H,1-6H3/b13-9+,14-10+. The molecule has 0 radical (unpaired) electrons. The predicted molar refractivity (Wildman–Crippen MR) is 147 cm³/mol. The molecule has 2 unspecified atom stereocenters. The van der Waals surface area contributed by atoms with Crippen molar-refractivity contribution < 1.29 is 57.2 Å². The van der Waals surface area contributed by atoms with Crippen LogP contribution in [-0.2, 0) is 38.2 Å². The Labute approximate surface area is 241 Å². The Balaban J connectivity index is 1.99. The van der Waals surface area contributed by atoms with E-state index in [-0.39, 0.29) is 23.0 Å². The lowest BCUT2D eigenvalue weighted by Crippen LogP contribution is -2.29. The predicted octanol–water partition coefficient (Wildman–Crippen LogP) is 3.98. The summed E-state index contributed by atoms with van der Waals surface area (Å²) in [5, 5.41) is 0. The van der Waals surface area contributed by atoms with E-state index in [1.807, 2.05) is 0 Å². The van der Waals surface area contributed by atoms with E-state index >= 15 is 0 Å². The average molecular weight is 583 g/mol. The molecule has 2 aromatic rings. The first kappa shape index (κ1) is 32.9. The van der Waals surface area contributed by atoms with Crippen LogP contribution in [0.25, 0.3) is 12.2 Å². The monoisotopic (exact) mass is 582 g/mol. The van der Waals surface area contributed by atoms with Crippen molar-refractivity contribution in [3.8, 4) is 23.0 Å². The molecule has 0 heterocycles. The lowest BCUT2D eigenvalue weighted by molar-refractivity contribution is -0.158. The molecule has 222 valence electrons. The molecule has 0 bridgehead atoms. The highest BCUT2D eigenvalue weighted by Crippen LogP contribution is 2.30. The Morgan fingerprint density at radius 1 is 0.524 bits per heavy atom. The van der Waals surface area contributed by atoms with Crippen molar-refractivity contribution in [2.45, 2.75) is 53.8 Å². The third-order valence-electron chi connectivity index (χ3n) is 5.04. The zero-order valence-electron chi connectivity index (χ0n) is 23.8. The zero-order chi connectivity index (χ0) is 31.4. The number of rotatable bonds is 11. The average Bonchev–Trinajstić information content (AvgIpc) is 2.87. The van der Waals surface area contributed by atoms with E-state index in [1.165, 1.54) is 76.2 Å². The van der Waals surface area contributed by atoms with Crippen LogP contribution >= 0.6 is 0 Å². The van der Waals surface area contributed by atoms with Crippen molar-refractivity contribution in [1.29, 1.82) is 0 Å². The summed E-state index contributed by atoms with van der Waals surface area (Å²) in [6, 6.07) is 8.70. The van der Waals surface area contributed by atoms with Gasteiger partial charge in [0.2, 0.25) is 0 Å². The number of hydrogen-bond acceptors (Lipinski definition) is 12. The number of ether oxygens (including phenoxy) is 6. The maximum Gasteiger partial charge on any atom is 0.331 e. The van der Waals surface area contributed by atoms with E-state index < -0.39 is 48.0 Å². The van der Waals surface area contributed by atoms with Crippen LogP contribution in [0, 0.1) is 0 Å². The SMILES string of the molecule is CC(=O)Oc1ccc(/C=C/C(=O)OC(C)C(C)OC(=O)/C=C/c2ccc(OC(C)=O)c(OC(C)=O)c2)cc1OC(C)=O. The topological polar surface area (TPSA) is 158 Å². The maximum absolute atomic E-state index is 12.3. The summed E-state index contributed by atoms with van der Waals surface area (Å²) in [5.41, 5.74) is 0.906. The molecule has 2 rings (SSSR count). The molecule has 0 N–H and O–H groups in total. The molecule has 0 aliphatic carbocycles. The van der Waals surface area contributed by atoms with Gasteiger partial charge >= 0.3 is 35.8 Å². The van der Waals surface area contributed by atoms with Crippen LogP contribution in [0.1, 0.15) is 52.7 Å². The second kappa shape index (κ2) is 15.5. The number of hydrogen-bond donors (Lipinski definition) is 0. The third kappa shape index (κ3) is 11.5. The number of benzene rings is 2. The summed E-state index contributed by atoms with van der Waals surface area (Å²) in [7, 11) is 0. The Hall–Kier alpha value is -5.26. The molecule has 0 saturated heterocycles. The van der Waals surface area contributed by atoms with Crippen molar-refractivity contribution in [2.75, 3.05) is 0 Å². The Kier molecular flexibility index (Phi) is 12.2. The van der Waals surface area contributed by atoms with Crippen LogP contribution in [-0.4, -0.2) is 48.0 Å². The molecular weight excluding hydrogens is 552 g/mol. The molecule has 0 fully saturated rings. The van der Waals surface area contributed by atoms with Gasteiger partial charge in [0.1, 0.15) is 12.2 Å². The van der Waals surface area contributed by atoms with Gasteiger partial charge in [-0.05, 0) is 61.4 Å². The van der Waals surface area contributed by atoms with Crippen LogP contribution < -0.4 is 18.9 Å². The van der Waals surface area contributed by atoms with Gasteiger partial charge in [0.25, 0.3) is 0 Å². The van der Waals surface area contributed by atoms with Gasteiger partial charge in [-0.3, -0.25) is 19.2 Å². The lowest BCUT2D eigenvalue weighted by Gasteiger charge is -2.19. The Bertz CT molecular complexity index is 1310. The largest absolute Gasteiger partial charge is 0.456 e. The van der Waals surface area contributed by atoms with Crippen molar-refractivity contribution in [3.63, 3.8) is 0 Å². The quantitative estimate of drug-likeness (QED) is 0.213. The molecular formula is C30H30O12. The fourth-order valence-electron chi connectivity index (χ4n) is 3.17. The van der Waals surface area contributed by atoms with Crippen LogP contribution in [0.3, 0.4) is 0 Å². The third-order valence-corrected chi connectivity index (χ3v) is 5.04. The molecule has 2 atom stereocenters. The summed E-state index contributed by atoms with van der Waals surface area (Å²) >= 11 is 0. The molecule has 0 saturated carbocycles. The van der Waals surface area contributed by atoms with Gasteiger partial charge in [-0.2, -0.15) is 0 Å². The molecule has 0 aromatic heterocycles. The molecule has 12 nitrogen and oxygen atoms in total. The van der Waals surface area contributed by atoms with Gasteiger partial charge < -0.3 is 28.4 Å². The summed E-state index contributed by atoms with van der Waals surface area (Å²) < 4.78 is 30.7. The summed E-state index contributed by atoms with van der Waals surface area (Å²) in [4.78, 5) is 69.9. The molecule has 0 amide bonds. The molecule has 42 heavy (non-hydrogen) atoms. The van der Waals surface area contributed by atoms with Gasteiger partial charge in [-0.15, -0.1) is 0 Å². The fraction of sp³-hybridized carbons (Fsp3) is 0.267. The van der Waals surface area contributed by atoms with Crippen molar-refractivity contribution in [2.24, 2.45) is 0 Å². The number of carbonyl (C=O) groups excluding carboxylic acids is 6. The van der Waals surface area contributed by atoms with Gasteiger partial charge in [0.05, 0.1) is 0 Å². The van der Waals surface area contributed by atoms with Gasteiger partial charge in [-0.25, -0.2) is 9.59 Å².